The van der Waals surface area contributed by atoms with Crippen molar-refractivity contribution in [1.82, 2.24) is 20.2 Å². The first-order chi connectivity index (χ1) is 15.3. The number of aromatic nitrogens is 2. The van der Waals surface area contributed by atoms with Crippen LogP contribution < -0.4 is 5.32 Å². The number of H-pyrrole nitrogens is 1. The number of aliphatic hydroxyl groups is 1. The number of carboxylic acid groups (broad SMARTS) is 1. The van der Waals surface area contributed by atoms with Gasteiger partial charge in [-0.3, -0.25) is 14.4 Å². The molecule has 3 heterocycles. The third-order valence-corrected chi connectivity index (χ3v) is 6.46. The maximum absolute atomic E-state index is 12.9. The summed E-state index contributed by atoms with van der Waals surface area (Å²) >= 11 is 0. The van der Waals surface area contributed by atoms with Crippen molar-refractivity contribution in [3.63, 3.8) is 0 Å². The molecule has 0 saturated carbocycles. The molecule has 10 nitrogen and oxygen atoms in total. The van der Waals surface area contributed by atoms with Crippen LogP contribution in [0.5, 0.6) is 0 Å². The van der Waals surface area contributed by atoms with Crippen molar-refractivity contribution >= 4 is 29.3 Å². The summed E-state index contributed by atoms with van der Waals surface area (Å²) in [6.07, 6.45) is 2.85. The van der Waals surface area contributed by atoms with Crippen LogP contribution in [0.2, 0.25) is 0 Å². The number of benzene rings is 1. The molecule has 0 aliphatic carbocycles. The molecule has 2 atom stereocenters. The van der Waals surface area contributed by atoms with E-state index in [9.17, 15) is 14.7 Å². The number of likely N-dealkylation sites (tertiary alicyclic amines) is 1. The predicted molar refractivity (Wildman–Crippen MR) is 116 cm³/mol. The lowest BCUT2D eigenvalue weighted by Crippen LogP contribution is -2.69. The molecule has 2 amide bonds. The van der Waals surface area contributed by atoms with Crippen molar-refractivity contribution in [2.45, 2.75) is 56.8 Å². The zero-order chi connectivity index (χ0) is 23.4. The number of amides is 2. The zero-order valence-electron chi connectivity index (χ0n) is 18.3. The van der Waals surface area contributed by atoms with E-state index in [4.69, 9.17) is 14.6 Å². The van der Waals surface area contributed by atoms with Crippen LogP contribution in [0.1, 0.15) is 49.9 Å². The first-order valence-electron chi connectivity index (χ1n) is 10.7. The van der Waals surface area contributed by atoms with Crippen LogP contribution in [0.15, 0.2) is 24.5 Å². The van der Waals surface area contributed by atoms with Crippen molar-refractivity contribution in [3.05, 3.63) is 30.1 Å². The second-order valence-corrected chi connectivity index (χ2v) is 8.41. The van der Waals surface area contributed by atoms with Crippen molar-refractivity contribution < 1.29 is 29.3 Å². The predicted octanol–water partition coefficient (Wildman–Crippen LogP) is 1.30. The van der Waals surface area contributed by atoms with Crippen LogP contribution >= 0.6 is 0 Å². The van der Waals surface area contributed by atoms with E-state index in [2.05, 4.69) is 15.3 Å². The monoisotopic (exact) mass is 446 g/mol. The Balaban J connectivity index is 0.000000913. The van der Waals surface area contributed by atoms with Crippen LogP contribution in [-0.2, 0) is 14.3 Å². The molecule has 1 spiro atoms. The molecule has 4 rings (SSSR count). The van der Waals surface area contributed by atoms with Crippen LogP contribution in [0, 0.1) is 0 Å². The van der Waals surface area contributed by atoms with Gasteiger partial charge in [0, 0.05) is 31.7 Å². The first-order valence-corrected chi connectivity index (χ1v) is 10.7. The number of aliphatic hydroxyl groups excluding tert-OH is 1. The van der Waals surface area contributed by atoms with Gasteiger partial charge in [0.25, 0.3) is 12.4 Å². The summed E-state index contributed by atoms with van der Waals surface area (Å²) in [5, 5.41) is 21.2. The Kier molecular flexibility index (Phi) is 7.15. The molecule has 174 valence electrons. The molecule has 0 unspecified atom stereocenters. The number of imidazole rings is 1. The molecule has 0 bridgehead atoms. The van der Waals surface area contributed by atoms with Crippen molar-refractivity contribution in [3.8, 4) is 0 Å². The molecule has 10 heteroatoms. The van der Waals surface area contributed by atoms with Gasteiger partial charge in [0.05, 0.1) is 28.5 Å². The highest BCUT2D eigenvalue weighted by Gasteiger charge is 2.54. The van der Waals surface area contributed by atoms with Gasteiger partial charge >= 0.3 is 0 Å². The number of aromatic amines is 1. The average Bonchev–Trinajstić information content (AvgIpc) is 3.26. The molecular formula is C22H30N4O6. The van der Waals surface area contributed by atoms with E-state index in [1.807, 2.05) is 18.7 Å². The van der Waals surface area contributed by atoms with Crippen molar-refractivity contribution in [2.75, 3.05) is 19.7 Å². The van der Waals surface area contributed by atoms with E-state index in [1.165, 1.54) is 0 Å². The number of fused-ring (bicyclic) bond motifs is 1. The van der Waals surface area contributed by atoms with Gasteiger partial charge in [0.1, 0.15) is 6.10 Å². The Hall–Kier alpha value is -2.98. The molecule has 1 aromatic carbocycles. The van der Waals surface area contributed by atoms with E-state index in [1.54, 1.807) is 24.5 Å². The largest absolute Gasteiger partial charge is 0.483 e. The summed E-state index contributed by atoms with van der Waals surface area (Å²) in [5.74, 6) is -0.117. The minimum absolute atomic E-state index is 0.121. The molecule has 4 N–H and O–H groups in total. The summed E-state index contributed by atoms with van der Waals surface area (Å²) in [6, 6.07) is 5.29. The average molecular weight is 447 g/mol. The number of nitrogens with zero attached hydrogens (tertiary/aromatic N) is 2. The number of ether oxygens (including phenoxy) is 1. The number of rotatable bonds is 3. The second-order valence-electron chi connectivity index (χ2n) is 8.41. The SMILES string of the molecule is CCC(=O)N1CCC2(CC1)OCC[C@](C)(NC(=O)c1ccc3nc[nH]c3c1)[C@H]2O.O=CO. The molecule has 2 aliphatic heterocycles. The zero-order valence-corrected chi connectivity index (χ0v) is 18.3. The van der Waals surface area contributed by atoms with Gasteiger partial charge in [0.2, 0.25) is 5.91 Å². The van der Waals surface area contributed by atoms with Crippen molar-refractivity contribution in [2.24, 2.45) is 0 Å². The fourth-order valence-electron chi connectivity index (χ4n) is 4.58. The molecule has 0 radical (unpaired) electrons. The van der Waals surface area contributed by atoms with E-state index < -0.39 is 17.2 Å². The van der Waals surface area contributed by atoms with E-state index in [0.717, 1.165) is 11.0 Å². The lowest BCUT2D eigenvalue weighted by molar-refractivity contribution is -0.205. The highest BCUT2D eigenvalue weighted by molar-refractivity contribution is 5.97. The molecular weight excluding hydrogens is 416 g/mol. The topological polar surface area (TPSA) is 145 Å². The fourth-order valence-corrected chi connectivity index (χ4v) is 4.58. The Labute approximate surface area is 186 Å². The van der Waals surface area contributed by atoms with Crippen LogP contribution in [0.3, 0.4) is 0 Å². The van der Waals surface area contributed by atoms with Gasteiger partial charge in [-0.05, 0) is 44.4 Å². The number of piperidine rings is 1. The normalized spacial score (nSPS) is 24.5. The second kappa shape index (κ2) is 9.66. The third kappa shape index (κ3) is 4.61. The summed E-state index contributed by atoms with van der Waals surface area (Å²) in [6.45, 7) is 5.05. The minimum Gasteiger partial charge on any atom is -0.483 e. The van der Waals surface area contributed by atoms with E-state index >= 15 is 0 Å². The van der Waals surface area contributed by atoms with Gasteiger partial charge in [0.15, 0.2) is 0 Å². The molecule has 2 aromatic rings. The van der Waals surface area contributed by atoms with Crippen LogP contribution in [0.25, 0.3) is 11.0 Å². The Bertz CT molecular complexity index is 968. The number of carbonyl (C=O) groups excluding carboxylic acids is 2. The maximum Gasteiger partial charge on any atom is 0.290 e. The Morgan fingerprint density at radius 3 is 2.69 bits per heavy atom. The first kappa shape index (κ1) is 23.7. The lowest BCUT2D eigenvalue weighted by atomic mass is 9.73. The maximum atomic E-state index is 12.9. The smallest absolute Gasteiger partial charge is 0.290 e. The highest BCUT2D eigenvalue weighted by Crippen LogP contribution is 2.40. The number of carbonyl (C=O) groups is 3. The summed E-state index contributed by atoms with van der Waals surface area (Å²) in [7, 11) is 0. The van der Waals surface area contributed by atoms with Crippen LogP contribution in [-0.4, -0.2) is 80.3 Å². The summed E-state index contributed by atoms with van der Waals surface area (Å²) in [5.41, 5.74) is 0.554. The van der Waals surface area contributed by atoms with E-state index in [0.29, 0.717) is 50.9 Å². The van der Waals surface area contributed by atoms with Gasteiger partial charge in [-0.25, -0.2) is 4.98 Å². The van der Waals surface area contributed by atoms with E-state index in [-0.39, 0.29) is 18.3 Å². The van der Waals surface area contributed by atoms with Gasteiger partial charge in [-0.2, -0.15) is 0 Å². The molecule has 2 saturated heterocycles. The molecule has 2 fully saturated rings. The van der Waals surface area contributed by atoms with Crippen LogP contribution in [0.4, 0.5) is 0 Å². The Morgan fingerprint density at radius 1 is 1.34 bits per heavy atom. The third-order valence-electron chi connectivity index (χ3n) is 6.46. The lowest BCUT2D eigenvalue weighted by Gasteiger charge is -2.53. The van der Waals surface area contributed by atoms with Gasteiger partial charge < -0.3 is 30.2 Å². The number of hydrogen-bond acceptors (Lipinski definition) is 6. The number of hydrogen-bond donors (Lipinski definition) is 4. The molecule has 2 aliphatic rings. The highest BCUT2D eigenvalue weighted by atomic mass is 16.5. The standard InChI is InChI=1S/C21H28N4O4.CH2O2/c1-3-17(26)25-9-6-21(7-10-25)19(28)20(2,8-11-29-21)24-18(27)14-4-5-15-16(12-14)23-13-22-15;2-1-3/h4-5,12-13,19,28H,3,6-11H2,1-2H3,(H,22,23)(H,24,27);1H,(H,2,3)/t19-,20+;/m1./s1. The van der Waals surface area contributed by atoms with Gasteiger partial charge in [-0.15, -0.1) is 0 Å². The van der Waals surface area contributed by atoms with Gasteiger partial charge in [-0.1, -0.05) is 6.92 Å². The Morgan fingerprint density at radius 2 is 2.03 bits per heavy atom. The quantitative estimate of drug-likeness (QED) is 0.520. The minimum atomic E-state index is -0.859. The fraction of sp³-hybridized carbons (Fsp3) is 0.545. The molecule has 32 heavy (non-hydrogen) atoms. The van der Waals surface area contributed by atoms with Crippen molar-refractivity contribution in [1.29, 1.82) is 0 Å². The number of nitrogens with one attached hydrogen (secondary N) is 2. The molecule has 1 aromatic heterocycles. The summed E-state index contributed by atoms with van der Waals surface area (Å²) in [4.78, 5) is 42.3. The summed E-state index contributed by atoms with van der Waals surface area (Å²) < 4.78 is 6.06.